The molecule has 0 aliphatic carbocycles. The number of benzene rings is 2. The van der Waals surface area contributed by atoms with Crippen LogP contribution in [0.1, 0.15) is 32.4 Å². The molecule has 0 amide bonds. The Balaban J connectivity index is 1.96. The van der Waals surface area contributed by atoms with Crippen molar-refractivity contribution >= 4 is 5.69 Å². The second-order valence-electron chi connectivity index (χ2n) is 8.41. The Morgan fingerprint density at radius 1 is 1.12 bits per heavy atom. The van der Waals surface area contributed by atoms with E-state index in [1.807, 2.05) is 25.1 Å². The minimum atomic E-state index is 0.0407. The highest BCUT2D eigenvalue weighted by Crippen LogP contribution is 2.41. The van der Waals surface area contributed by atoms with Gasteiger partial charge in [-0.15, -0.1) is 0 Å². The fourth-order valence-electron chi connectivity index (χ4n) is 4.41. The number of hydrogen-bond donors (Lipinski definition) is 0. The number of para-hydroxylation sites is 2. The molecule has 1 heterocycles. The fourth-order valence-corrected chi connectivity index (χ4v) is 4.41. The van der Waals surface area contributed by atoms with Gasteiger partial charge in [-0.1, -0.05) is 44.2 Å². The van der Waals surface area contributed by atoms with Crippen LogP contribution >= 0.6 is 0 Å². The molecular weight excluding hydrogens is 416 g/mol. The summed E-state index contributed by atoms with van der Waals surface area (Å²) >= 11 is 0. The van der Waals surface area contributed by atoms with Gasteiger partial charge in [0.15, 0.2) is 11.5 Å². The summed E-state index contributed by atoms with van der Waals surface area (Å²) in [6.45, 7) is 14.9. The Morgan fingerprint density at radius 3 is 2.52 bits per heavy atom. The van der Waals surface area contributed by atoms with E-state index < -0.39 is 0 Å². The minimum absolute atomic E-state index is 0.0407. The minimum Gasteiger partial charge on any atom is -0.493 e. The van der Waals surface area contributed by atoms with Crippen LogP contribution in [0.3, 0.4) is 0 Å². The van der Waals surface area contributed by atoms with E-state index in [0.29, 0.717) is 19.8 Å². The van der Waals surface area contributed by atoms with Crippen LogP contribution in [0.2, 0.25) is 0 Å². The zero-order valence-corrected chi connectivity index (χ0v) is 20.7. The van der Waals surface area contributed by atoms with Gasteiger partial charge in [-0.05, 0) is 49.8 Å². The van der Waals surface area contributed by atoms with Crippen molar-refractivity contribution < 1.29 is 18.9 Å². The van der Waals surface area contributed by atoms with Gasteiger partial charge in [-0.2, -0.15) is 0 Å². The molecule has 0 N–H and O–H groups in total. The Labute approximate surface area is 198 Å². The van der Waals surface area contributed by atoms with Gasteiger partial charge in [-0.25, -0.2) is 0 Å². The summed E-state index contributed by atoms with van der Waals surface area (Å²) in [6, 6.07) is 14.6. The van der Waals surface area contributed by atoms with Crippen LogP contribution in [0.5, 0.6) is 17.2 Å². The van der Waals surface area contributed by atoms with Crippen molar-refractivity contribution in [1.29, 1.82) is 0 Å². The second-order valence-corrected chi connectivity index (χ2v) is 8.41. The summed E-state index contributed by atoms with van der Waals surface area (Å²) in [5.41, 5.74) is 3.26. The number of likely N-dealkylation sites (N-methyl/N-ethyl adjacent to an activating group) is 1. The van der Waals surface area contributed by atoms with Gasteiger partial charge in [0.05, 0.1) is 45.2 Å². The molecule has 0 fully saturated rings. The Kier molecular flexibility index (Phi) is 9.03. The van der Waals surface area contributed by atoms with Crippen LogP contribution in [0.25, 0.3) is 0 Å². The molecule has 0 bridgehead atoms. The lowest BCUT2D eigenvalue weighted by Crippen LogP contribution is -2.49. The van der Waals surface area contributed by atoms with Gasteiger partial charge in [-0.3, -0.25) is 4.90 Å². The van der Waals surface area contributed by atoms with Crippen molar-refractivity contribution in [1.82, 2.24) is 4.90 Å². The van der Waals surface area contributed by atoms with E-state index in [9.17, 15) is 0 Å². The molecule has 6 heteroatoms. The van der Waals surface area contributed by atoms with Crippen molar-refractivity contribution in [2.75, 3.05) is 58.6 Å². The first kappa shape index (κ1) is 24.9. The molecule has 2 unspecified atom stereocenters. The van der Waals surface area contributed by atoms with Gasteiger partial charge >= 0.3 is 0 Å². The van der Waals surface area contributed by atoms with Gasteiger partial charge in [0.1, 0.15) is 12.4 Å². The third-order valence-electron chi connectivity index (χ3n) is 6.13. The van der Waals surface area contributed by atoms with Crippen molar-refractivity contribution in [2.24, 2.45) is 0 Å². The molecule has 0 spiro atoms. The Hall–Kier alpha value is -2.70. The molecular formula is C27H38N2O4. The highest BCUT2D eigenvalue weighted by atomic mass is 16.5. The van der Waals surface area contributed by atoms with Crippen molar-refractivity contribution in [2.45, 2.75) is 32.9 Å². The van der Waals surface area contributed by atoms with E-state index in [1.54, 1.807) is 14.2 Å². The van der Waals surface area contributed by atoms with E-state index in [-0.39, 0.29) is 12.1 Å². The Morgan fingerprint density at radius 2 is 1.85 bits per heavy atom. The number of fused-ring (bicyclic) bond motifs is 1. The number of nitrogens with zero attached hydrogens (tertiary/aromatic N) is 2. The summed E-state index contributed by atoms with van der Waals surface area (Å²) in [4.78, 5) is 4.91. The van der Waals surface area contributed by atoms with Crippen LogP contribution in [0, 0.1) is 0 Å². The predicted octanol–water partition coefficient (Wildman–Crippen LogP) is 4.95. The molecule has 180 valence electrons. The summed E-state index contributed by atoms with van der Waals surface area (Å²) in [7, 11) is 3.32. The van der Waals surface area contributed by atoms with Gasteiger partial charge in [0.25, 0.3) is 0 Å². The molecule has 33 heavy (non-hydrogen) atoms. The second kappa shape index (κ2) is 12.0. The maximum Gasteiger partial charge on any atom is 0.161 e. The van der Waals surface area contributed by atoms with Crippen LogP contribution in [0.15, 0.2) is 54.6 Å². The van der Waals surface area contributed by atoms with E-state index in [0.717, 1.165) is 53.7 Å². The third-order valence-corrected chi connectivity index (χ3v) is 6.13. The number of rotatable bonds is 12. The molecule has 6 nitrogen and oxygen atoms in total. The topological polar surface area (TPSA) is 43.4 Å². The van der Waals surface area contributed by atoms with Gasteiger partial charge in [0.2, 0.25) is 0 Å². The van der Waals surface area contributed by atoms with Crippen molar-refractivity contribution in [3.63, 3.8) is 0 Å². The maximum absolute atomic E-state index is 6.19. The number of methoxy groups -OCH3 is 2. The van der Waals surface area contributed by atoms with Crippen LogP contribution < -0.4 is 19.1 Å². The normalized spacial score (nSPS) is 16.2. The monoisotopic (exact) mass is 454 g/mol. The highest BCUT2D eigenvalue weighted by Gasteiger charge is 2.32. The highest BCUT2D eigenvalue weighted by molar-refractivity contribution is 5.62. The summed E-state index contributed by atoms with van der Waals surface area (Å²) < 4.78 is 23.3. The average molecular weight is 455 g/mol. The number of anilines is 1. The molecule has 1 aliphatic rings. The molecule has 2 aromatic carbocycles. The summed E-state index contributed by atoms with van der Waals surface area (Å²) in [5.74, 6) is 2.36. The van der Waals surface area contributed by atoms with E-state index in [2.05, 4.69) is 54.5 Å². The number of hydrogen-bond acceptors (Lipinski definition) is 6. The molecule has 0 radical (unpaired) electrons. The molecule has 0 saturated heterocycles. The van der Waals surface area contributed by atoms with Crippen LogP contribution in [-0.2, 0) is 4.74 Å². The summed E-state index contributed by atoms with van der Waals surface area (Å²) in [6.07, 6.45) is 0. The number of ether oxygens (including phenoxy) is 4. The first-order chi connectivity index (χ1) is 16.0. The zero-order chi connectivity index (χ0) is 23.8. The largest absolute Gasteiger partial charge is 0.493 e. The molecule has 0 saturated carbocycles. The first-order valence-electron chi connectivity index (χ1n) is 11.7. The maximum atomic E-state index is 6.19. The molecule has 2 atom stereocenters. The van der Waals surface area contributed by atoms with Crippen molar-refractivity contribution in [3.05, 3.63) is 60.2 Å². The SMILES string of the molecule is C=C(C)COCC(CN1c2ccccc2OCC1c1ccc(OC)c(OC)c1)N(CC)CC. The quantitative estimate of drug-likeness (QED) is 0.423. The zero-order valence-electron chi connectivity index (χ0n) is 20.7. The Bertz CT molecular complexity index is 913. The van der Waals surface area contributed by atoms with E-state index in [1.165, 1.54) is 0 Å². The van der Waals surface area contributed by atoms with Crippen LogP contribution in [0.4, 0.5) is 5.69 Å². The summed E-state index contributed by atoms with van der Waals surface area (Å²) in [5, 5.41) is 0. The lowest BCUT2D eigenvalue weighted by molar-refractivity contribution is 0.0757. The molecule has 3 rings (SSSR count). The van der Waals surface area contributed by atoms with E-state index in [4.69, 9.17) is 18.9 Å². The average Bonchev–Trinajstić information content (AvgIpc) is 2.84. The smallest absolute Gasteiger partial charge is 0.161 e. The third kappa shape index (κ3) is 6.01. The molecule has 0 aromatic heterocycles. The lowest BCUT2D eigenvalue weighted by atomic mass is 10.0. The first-order valence-corrected chi connectivity index (χ1v) is 11.7. The van der Waals surface area contributed by atoms with Crippen molar-refractivity contribution in [3.8, 4) is 17.2 Å². The van der Waals surface area contributed by atoms with Gasteiger partial charge < -0.3 is 23.8 Å². The fraction of sp³-hybridized carbons (Fsp3) is 0.481. The molecule has 1 aliphatic heterocycles. The predicted molar refractivity (Wildman–Crippen MR) is 134 cm³/mol. The molecule has 2 aromatic rings. The van der Waals surface area contributed by atoms with Gasteiger partial charge in [0, 0.05) is 6.54 Å². The van der Waals surface area contributed by atoms with Crippen LogP contribution in [-0.4, -0.2) is 64.6 Å². The lowest BCUT2D eigenvalue weighted by Gasteiger charge is -2.42. The standard InChI is InChI=1S/C27H38N2O4/c1-7-28(8-2)22(18-32-17-20(3)4)16-29-23-11-9-10-12-25(23)33-19-24(29)21-13-14-26(30-5)27(15-21)31-6/h9-15,22,24H,3,7-8,16-19H2,1-2,4-6H3. The van der Waals surface area contributed by atoms with E-state index >= 15 is 0 Å².